The molecular formula is C12H15N7. The lowest BCUT2D eigenvalue weighted by atomic mass is 10.3. The third-order valence-corrected chi connectivity index (χ3v) is 2.95. The minimum atomic E-state index is 0.736. The average Bonchev–Trinajstić information content (AvgIpc) is 3.00. The predicted octanol–water partition coefficient (Wildman–Crippen LogP) is 1.05. The van der Waals surface area contributed by atoms with Crippen LogP contribution in [0.2, 0.25) is 0 Å². The lowest BCUT2D eigenvalue weighted by molar-refractivity contribution is 0.783. The highest BCUT2D eigenvalue weighted by atomic mass is 15.3. The molecule has 0 fully saturated rings. The maximum Gasteiger partial charge on any atom is 0.163 e. The minimum Gasteiger partial charge on any atom is -0.369 e. The lowest BCUT2D eigenvalue weighted by Crippen LogP contribution is -2.08. The van der Waals surface area contributed by atoms with Crippen LogP contribution in [0.5, 0.6) is 0 Å². The van der Waals surface area contributed by atoms with Gasteiger partial charge in [0.15, 0.2) is 5.65 Å². The lowest BCUT2D eigenvalue weighted by Gasteiger charge is -2.06. The molecule has 0 spiro atoms. The van der Waals surface area contributed by atoms with E-state index in [1.54, 1.807) is 17.1 Å². The van der Waals surface area contributed by atoms with Gasteiger partial charge in [-0.25, -0.2) is 9.97 Å². The Labute approximate surface area is 110 Å². The second-order valence-corrected chi connectivity index (χ2v) is 4.38. The van der Waals surface area contributed by atoms with E-state index in [0.717, 1.165) is 41.3 Å². The van der Waals surface area contributed by atoms with Crippen molar-refractivity contribution in [3.8, 4) is 0 Å². The van der Waals surface area contributed by atoms with Gasteiger partial charge in [0.05, 0.1) is 11.6 Å². The number of hydrogen-bond acceptors (Lipinski definition) is 5. The van der Waals surface area contributed by atoms with Gasteiger partial charge < -0.3 is 5.32 Å². The molecule has 2 N–H and O–H groups in total. The van der Waals surface area contributed by atoms with E-state index in [-0.39, 0.29) is 0 Å². The molecule has 0 unspecified atom stereocenters. The van der Waals surface area contributed by atoms with Gasteiger partial charge in [-0.05, 0) is 13.0 Å². The van der Waals surface area contributed by atoms with Gasteiger partial charge in [0.1, 0.15) is 11.6 Å². The SMILES string of the molecule is Cc1nc(NCCc2ccn[nH]2)c2cnn(C)c2n1. The first kappa shape index (κ1) is 11.6. The molecule has 3 rings (SSSR count). The number of aryl methyl sites for hydroxylation is 2. The van der Waals surface area contributed by atoms with Crippen molar-refractivity contribution < 1.29 is 0 Å². The predicted molar refractivity (Wildman–Crippen MR) is 71.8 cm³/mol. The fourth-order valence-corrected chi connectivity index (χ4v) is 2.01. The summed E-state index contributed by atoms with van der Waals surface area (Å²) in [5, 5.41) is 15.3. The molecule has 7 nitrogen and oxygen atoms in total. The number of hydrogen-bond donors (Lipinski definition) is 2. The summed E-state index contributed by atoms with van der Waals surface area (Å²) in [4.78, 5) is 8.82. The molecule has 0 aromatic carbocycles. The van der Waals surface area contributed by atoms with Gasteiger partial charge in [-0.15, -0.1) is 0 Å². The maximum atomic E-state index is 4.43. The number of aromatic amines is 1. The van der Waals surface area contributed by atoms with Crippen molar-refractivity contribution >= 4 is 16.9 Å². The quantitative estimate of drug-likeness (QED) is 0.729. The largest absolute Gasteiger partial charge is 0.369 e. The number of nitrogens with one attached hydrogen (secondary N) is 2. The van der Waals surface area contributed by atoms with Crippen molar-refractivity contribution in [2.24, 2.45) is 7.05 Å². The van der Waals surface area contributed by atoms with Crippen LogP contribution in [0.25, 0.3) is 11.0 Å². The van der Waals surface area contributed by atoms with E-state index in [1.807, 2.05) is 20.0 Å². The number of anilines is 1. The normalized spacial score (nSPS) is 11.1. The molecule has 3 heterocycles. The third-order valence-electron chi connectivity index (χ3n) is 2.95. The summed E-state index contributed by atoms with van der Waals surface area (Å²) in [6.07, 6.45) is 4.40. The zero-order valence-corrected chi connectivity index (χ0v) is 10.9. The van der Waals surface area contributed by atoms with Crippen LogP contribution in [0, 0.1) is 6.92 Å². The summed E-state index contributed by atoms with van der Waals surface area (Å²) in [6.45, 7) is 2.66. The van der Waals surface area contributed by atoms with Crippen LogP contribution in [-0.2, 0) is 13.5 Å². The van der Waals surface area contributed by atoms with E-state index in [2.05, 4.69) is 30.6 Å². The smallest absolute Gasteiger partial charge is 0.163 e. The number of nitrogens with zero attached hydrogens (tertiary/aromatic N) is 5. The van der Waals surface area contributed by atoms with Crippen LogP contribution >= 0.6 is 0 Å². The topological polar surface area (TPSA) is 84.3 Å². The Morgan fingerprint density at radius 2 is 2.26 bits per heavy atom. The van der Waals surface area contributed by atoms with Crippen LogP contribution in [0.4, 0.5) is 5.82 Å². The van der Waals surface area contributed by atoms with Crippen molar-refractivity contribution in [2.75, 3.05) is 11.9 Å². The Balaban J connectivity index is 1.80. The Kier molecular flexibility index (Phi) is 2.86. The number of rotatable bonds is 4. The zero-order chi connectivity index (χ0) is 13.2. The summed E-state index contributed by atoms with van der Waals surface area (Å²) in [7, 11) is 1.88. The van der Waals surface area contributed by atoms with Gasteiger partial charge >= 0.3 is 0 Å². The zero-order valence-electron chi connectivity index (χ0n) is 10.9. The second kappa shape index (κ2) is 4.68. The van der Waals surface area contributed by atoms with Gasteiger partial charge in [0.25, 0.3) is 0 Å². The highest BCUT2D eigenvalue weighted by Gasteiger charge is 2.09. The molecule has 0 bridgehead atoms. The van der Waals surface area contributed by atoms with Crippen molar-refractivity contribution in [2.45, 2.75) is 13.3 Å². The molecule has 3 aromatic heterocycles. The van der Waals surface area contributed by atoms with Crippen LogP contribution in [-0.4, -0.2) is 36.5 Å². The molecule has 98 valence electrons. The molecule has 19 heavy (non-hydrogen) atoms. The van der Waals surface area contributed by atoms with E-state index in [9.17, 15) is 0 Å². The van der Waals surface area contributed by atoms with Crippen molar-refractivity contribution in [1.82, 2.24) is 29.9 Å². The molecule has 0 saturated carbocycles. The van der Waals surface area contributed by atoms with E-state index >= 15 is 0 Å². The molecular weight excluding hydrogens is 242 g/mol. The first-order chi connectivity index (χ1) is 9.24. The molecule has 0 atom stereocenters. The van der Waals surface area contributed by atoms with Crippen molar-refractivity contribution in [1.29, 1.82) is 0 Å². The Hall–Kier alpha value is -2.44. The minimum absolute atomic E-state index is 0.736. The Morgan fingerprint density at radius 3 is 3.05 bits per heavy atom. The van der Waals surface area contributed by atoms with E-state index < -0.39 is 0 Å². The third kappa shape index (κ3) is 2.26. The molecule has 0 aliphatic heterocycles. The van der Waals surface area contributed by atoms with Gasteiger partial charge in [-0.1, -0.05) is 0 Å². The summed E-state index contributed by atoms with van der Waals surface area (Å²) >= 11 is 0. The summed E-state index contributed by atoms with van der Waals surface area (Å²) in [5.74, 6) is 1.57. The molecule has 0 saturated heterocycles. The molecule has 3 aromatic rings. The standard InChI is InChI=1S/C12H15N7/c1-8-16-11(10-7-15-19(2)12(10)17-8)13-5-3-9-4-6-14-18-9/h4,6-7H,3,5H2,1-2H3,(H,14,18)(H,13,16,17). The van der Waals surface area contributed by atoms with Crippen LogP contribution in [0.3, 0.4) is 0 Å². The second-order valence-electron chi connectivity index (χ2n) is 4.38. The number of aromatic nitrogens is 6. The average molecular weight is 257 g/mol. The fourth-order valence-electron chi connectivity index (χ4n) is 2.01. The van der Waals surface area contributed by atoms with Crippen LogP contribution in [0.1, 0.15) is 11.5 Å². The van der Waals surface area contributed by atoms with Gasteiger partial charge in [-0.3, -0.25) is 9.78 Å². The fraction of sp³-hybridized carbons (Fsp3) is 0.333. The van der Waals surface area contributed by atoms with Crippen LogP contribution in [0.15, 0.2) is 18.5 Å². The molecule has 7 heteroatoms. The number of fused-ring (bicyclic) bond motifs is 1. The van der Waals surface area contributed by atoms with E-state index in [0.29, 0.717) is 0 Å². The first-order valence-electron chi connectivity index (χ1n) is 6.12. The van der Waals surface area contributed by atoms with Crippen molar-refractivity contribution in [3.05, 3.63) is 30.0 Å². The van der Waals surface area contributed by atoms with Gasteiger partial charge in [0, 0.05) is 31.9 Å². The van der Waals surface area contributed by atoms with Gasteiger partial charge in [-0.2, -0.15) is 10.2 Å². The molecule has 0 aliphatic rings. The van der Waals surface area contributed by atoms with Crippen LogP contribution < -0.4 is 5.32 Å². The Bertz CT molecular complexity index is 683. The highest BCUT2D eigenvalue weighted by molar-refractivity contribution is 5.86. The monoisotopic (exact) mass is 257 g/mol. The maximum absolute atomic E-state index is 4.43. The molecule has 0 radical (unpaired) electrons. The highest BCUT2D eigenvalue weighted by Crippen LogP contribution is 2.19. The summed E-state index contributed by atoms with van der Waals surface area (Å²) in [6, 6.07) is 1.96. The van der Waals surface area contributed by atoms with Gasteiger partial charge in [0.2, 0.25) is 0 Å². The van der Waals surface area contributed by atoms with Crippen molar-refractivity contribution in [3.63, 3.8) is 0 Å². The van der Waals surface area contributed by atoms with E-state index in [1.165, 1.54) is 0 Å². The molecule has 0 aliphatic carbocycles. The summed E-state index contributed by atoms with van der Waals surface area (Å²) in [5.41, 5.74) is 1.94. The van der Waals surface area contributed by atoms with E-state index in [4.69, 9.17) is 0 Å². The first-order valence-corrected chi connectivity index (χ1v) is 6.12. The molecule has 0 amide bonds. The Morgan fingerprint density at radius 1 is 1.37 bits per heavy atom. The number of H-pyrrole nitrogens is 1. The summed E-state index contributed by atoms with van der Waals surface area (Å²) < 4.78 is 1.75.